The maximum atomic E-state index is 14.2. The molecular formula is C23H30F2N4O. The Bertz CT molecular complexity index is 920. The number of carbonyl (C=O) groups is 1. The lowest BCUT2D eigenvalue weighted by Gasteiger charge is -2.40. The Hall–Kier alpha value is -2.28. The molecule has 2 heterocycles. The second kappa shape index (κ2) is 8.84. The van der Waals surface area contributed by atoms with Crippen molar-refractivity contribution in [3.8, 4) is 5.69 Å². The minimum atomic E-state index is -0.706. The van der Waals surface area contributed by atoms with Crippen LogP contribution in [0.25, 0.3) is 5.69 Å². The predicted octanol–water partition coefficient (Wildman–Crippen LogP) is 4.29. The van der Waals surface area contributed by atoms with Crippen LogP contribution in [0.5, 0.6) is 0 Å². The summed E-state index contributed by atoms with van der Waals surface area (Å²) >= 11 is 0. The number of rotatable bonds is 4. The Labute approximate surface area is 176 Å². The molecule has 0 bridgehead atoms. The van der Waals surface area contributed by atoms with Crippen molar-refractivity contribution >= 4 is 5.91 Å². The van der Waals surface area contributed by atoms with E-state index in [1.165, 1.54) is 48.9 Å². The van der Waals surface area contributed by atoms with Crippen LogP contribution in [0, 0.1) is 25.5 Å². The molecule has 1 unspecified atom stereocenters. The van der Waals surface area contributed by atoms with E-state index >= 15 is 0 Å². The van der Waals surface area contributed by atoms with E-state index in [1.807, 2.05) is 0 Å². The summed E-state index contributed by atoms with van der Waals surface area (Å²) in [5.74, 6) is -1.52. The molecule has 162 valence electrons. The Morgan fingerprint density at radius 2 is 1.87 bits per heavy atom. The fraction of sp³-hybridized carbons (Fsp3) is 0.565. The van der Waals surface area contributed by atoms with Gasteiger partial charge in [-0.1, -0.05) is 19.3 Å². The number of aromatic nitrogens is 2. The highest BCUT2D eigenvalue weighted by molar-refractivity contribution is 5.96. The van der Waals surface area contributed by atoms with Crippen molar-refractivity contribution in [1.29, 1.82) is 0 Å². The number of hydrogen-bond acceptors (Lipinski definition) is 3. The average Bonchev–Trinajstić information content (AvgIpc) is 3.03. The third kappa shape index (κ3) is 4.26. The van der Waals surface area contributed by atoms with Gasteiger partial charge >= 0.3 is 0 Å². The fourth-order valence-electron chi connectivity index (χ4n) is 5.02. The summed E-state index contributed by atoms with van der Waals surface area (Å²) < 4.78 is 28.9. The number of carbonyl (C=O) groups excluding carboxylic acids is 1. The van der Waals surface area contributed by atoms with E-state index < -0.39 is 11.6 Å². The number of nitrogens with zero attached hydrogens (tertiary/aromatic N) is 3. The second-order valence-corrected chi connectivity index (χ2v) is 8.65. The Kier molecular flexibility index (Phi) is 6.18. The number of amides is 1. The molecule has 0 radical (unpaired) electrons. The van der Waals surface area contributed by atoms with Crippen molar-refractivity contribution in [2.24, 2.45) is 0 Å². The lowest BCUT2D eigenvalue weighted by atomic mass is 9.92. The van der Waals surface area contributed by atoms with Gasteiger partial charge < -0.3 is 5.32 Å². The van der Waals surface area contributed by atoms with E-state index in [2.05, 4.69) is 15.3 Å². The van der Waals surface area contributed by atoms with Crippen LogP contribution < -0.4 is 5.32 Å². The average molecular weight is 417 g/mol. The van der Waals surface area contributed by atoms with E-state index in [0.29, 0.717) is 23.0 Å². The molecule has 1 atom stereocenters. The van der Waals surface area contributed by atoms with Crippen molar-refractivity contribution < 1.29 is 13.6 Å². The van der Waals surface area contributed by atoms with Crippen molar-refractivity contribution in [1.82, 2.24) is 20.0 Å². The molecule has 2 aromatic rings. The van der Waals surface area contributed by atoms with Gasteiger partial charge in [-0.2, -0.15) is 5.10 Å². The molecule has 1 aliphatic heterocycles. The first kappa shape index (κ1) is 21.0. The van der Waals surface area contributed by atoms with Crippen molar-refractivity contribution in [3.63, 3.8) is 0 Å². The molecule has 1 aliphatic carbocycles. The smallest absolute Gasteiger partial charge is 0.255 e. The topological polar surface area (TPSA) is 50.2 Å². The standard InChI is InChI=1S/C23H30F2N4O/c1-15-22(16(2)29(27-15)21-11-10-17(24)13-20(21)25)23(30)26-18-7-6-12-28(14-18)19-8-4-3-5-9-19/h10-11,13,18-19H,3-9,12,14H2,1-2H3,(H,26,30). The van der Waals surface area contributed by atoms with Gasteiger partial charge in [0.05, 0.1) is 17.0 Å². The van der Waals surface area contributed by atoms with Gasteiger partial charge in [-0.05, 0) is 58.2 Å². The zero-order valence-corrected chi connectivity index (χ0v) is 17.8. The molecule has 7 heteroatoms. The highest BCUT2D eigenvalue weighted by Gasteiger charge is 2.29. The number of nitrogens with one attached hydrogen (secondary N) is 1. The van der Waals surface area contributed by atoms with Gasteiger partial charge in [0.2, 0.25) is 0 Å². The fourth-order valence-corrected chi connectivity index (χ4v) is 5.02. The Morgan fingerprint density at radius 1 is 1.10 bits per heavy atom. The number of piperidine rings is 1. The van der Waals surface area contributed by atoms with Crippen LogP contribution in [0.15, 0.2) is 18.2 Å². The van der Waals surface area contributed by atoms with Gasteiger partial charge in [0.15, 0.2) is 5.82 Å². The summed E-state index contributed by atoms with van der Waals surface area (Å²) in [6.07, 6.45) is 8.50. The van der Waals surface area contributed by atoms with Crippen molar-refractivity contribution in [2.75, 3.05) is 13.1 Å². The third-order valence-corrected chi connectivity index (χ3v) is 6.54. The first-order valence-electron chi connectivity index (χ1n) is 11.0. The van der Waals surface area contributed by atoms with Crippen molar-refractivity contribution in [3.05, 3.63) is 46.8 Å². The van der Waals surface area contributed by atoms with Crippen LogP contribution in [0.1, 0.15) is 66.7 Å². The molecule has 2 fully saturated rings. The Balaban J connectivity index is 1.49. The molecule has 2 aliphatic rings. The summed E-state index contributed by atoms with van der Waals surface area (Å²) in [6.45, 7) is 5.48. The molecule has 30 heavy (non-hydrogen) atoms. The molecule has 5 nitrogen and oxygen atoms in total. The van der Waals surface area contributed by atoms with Crippen LogP contribution in [0.3, 0.4) is 0 Å². The van der Waals surface area contributed by atoms with E-state index in [0.717, 1.165) is 32.0 Å². The molecule has 1 aromatic carbocycles. The number of halogens is 2. The van der Waals surface area contributed by atoms with Crippen LogP contribution >= 0.6 is 0 Å². The quantitative estimate of drug-likeness (QED) is 0.809. The van der Waals surface area contributed by atoms with Crippen LogP contribution in [0.4, 0.5) is 8.78 Å². The Morgan fingerprint density at radius 3 is 2.60 bits per heavy atom. The monoisotopic (exact) mass is 416 g/mol. The molecule has 1 saturated carbocycles. The molecule has 1 saturated heterocycles. The first-order chi connectivity index (χ1) is 14.4. The lowest BCUT2D eigenvalue weighted by Crippen LogP contribution is -2.51. The SMILES string of the molecule is Cc1nn(-c2ccc(F)cc2F)c(C)c1C(=O)NC1CCCN(C2CCCCC2)C1. The minimum Gasteiger partial charge on any atom is -0.348 e. The highest BCUT2D eigenvalue weighted by atomic mass is 19.1. The lowest BCUT2D eigenvalue weighted by molar-refractivity contribution is 0.0834. The number of likely N-dealkylation sites (tertiary alicyclic amines) is 1. The van der Waals surface area contributed by atoms with Gasteiger partial charge in [-0.25, -0.2) is 13.5 Å². The number of benzene rings is 1. The zero-order valence-electron chi connectivity index (χ0n) is 17.8. The summed E-state index contributed by atoms with van der Waals surface area (Å²) in [5.41, 5.74) is 1.69. The normalized spacial score (nSPS) is 21.0. The number of aryl methyl sites for hydroxylation is 1. The van der Waals surface area contributed by atoms with Gasteiger partial charge in [-0.15, -0.1) is 0 Å². The maximum Gasteiger partial charge on any atom is 0.255 e. The third-order valence-electron chi connectivity index (χ3n) is 6.54. The summed E-state index contributed by atoms with van der Waals surface area (Å²) in [6, 6.07) is 4.11. The number of hydrogen-bond donors (Lipinski definition) is 1. The van der Waals surface area contributed by atoms with Crippen LogP contribution in [-0.4, -0.2) is 45.8 Å². The molecular weight excluding hydrogens is 386 g/mol. The van der Waals surface area contributed by atoms with Gasteiger partial charge in [0.1, 0.15) is 11.5 Å². The molecule has 1 aromatic heterocycles. The van der Waals surface area contributed by atoms with E-state index in [-0.39, 0.29) is 17.6 Å². The largest absolute Gasteiger partial charge is 0.348 e. The second-order valence-electron chi connectivity index (χ2n) is 8.65. The first-order valence-corrected chi connectivity index (χ1v) is 11.0. The summed E-state index contributed by atoms with van der Waals surface area (Å²) in [7, 11) is 0. The van der Waals surface area contributed by atoms with E-state index in [1.54, 1.807) is 13.8 Å². The van der Waals surface area contributed by atoms with Gasteiger partial charge in [0, 0.05) is 24.7 Å². The molecule has 4 rings (SSSR count). The van der Waals surface area contributed by atoms with E-state index in [9.17, 15) is 13.6 Å². The van der Waals surface area contributed by atoms with Crippen LogP contribution in [0.2, 0.25) is 0 Å². The maximum absolute atomic E-state index is 14.2. The highest BCUT2D eigenvalue weighted by Crippen LogP contribution is 2.26. The van der Waals surface area contributed by atoms with Crippen LogP contribution in [-0.2, 0) is 0 Å². The molecule has 1 amide bonds. The van der Waals surface area contributed by atoms with Gasteiger partial charge in [-0.3, -0.25) is 9.69 Å². The predicted molar refractivity (Wildman–Crippen MR) is 112 cm³/mol. The van der Waals surface area contributed by atoms with E-state index in [4.69, 9.17) is 0 Å². The summed E-state index contributed by atoms with van der Waals surface area (Å²) in [5, 5.41) is 7.54. The van der Waals surface area contributed by atoms with Crippen molar-refractivity contribution in [2.45, 2.75) is 70.9 Å². The van der Waals surface area contributed by atoms with Gasteiger partial charge in [0.25, 0.3) is 5.91 Å². The molecule has 0 spiro atoms. The molecule has 1 N–H and O–H groups in total. The minimum absolute atomic E-state index is 0.109. The summed E-state index contributed by atoms with van der Waals surface area (Å²) in [4.78, 5) is 15.6. The zero-order chi connectivity index (χ0) is 21.3.